The molecule has 1 amide bonds. The van der Waals surface area contributed by atoms with Gasteiger partial charge in [-0.3, -0.25) is 14.9 Å². The zero-order valence-electron chi connectivity index (χ0n) is 15.1. The molecule has 3 aromatic rings. The zero-order valence-corrected chi connectivity index (χ0v) is 16.7. The molecule has 0 saturated heterocycles. The fourth-order valence-electron chi connectivity index (χ4n) is 2.41. The molecule has 0 aliphatic carbocycles. The predicted octanol–water partition coefficient (Wildman–Crippen LogP) is 3.35. The molecule has 0 saturated carbocycles. The van der Waals surface area contributed by atoms with Gasteiger partial charge >= 0.3 is 0 Å². The Bertz CT molecular complexity index is 1040. The van der Waals surface area contributed by atoms with Gasteiger partial charge in [0.15, 0.2) is 0 Å². The van der Waals surface area contributed by atoms with Crippen molar-refractivity contribution in [1.29, 1.82) is 0 Å². The highest BCUT2D eigenvalue weighted by Gasteiger charge is 2.18. The number of ether oxygens (including phenoxy) is 1. The van der Waals surface area contributed by atoms with Gasteiger partial charge in [0.2, 0.25) is 11.1 Å². The second kappa shape index (κ2) is 9.34. The lowest BCUT2D eigenvalue weighted by molar-refractivity contribution is -0.383. The minimum atomic E-state index is -0.611. The van der Waals surface area contributed by atoms with Crippen LogP contribution in [0.4, 0.5) is 11.4 Å². The number of thioether (sulfide) groups is 1. The van der Waals surface area contributed by atoms with Crippen molar-refractivity contribution < 1.29 is 14.5 Å². The van der Waals surface area contributed by atoms with E-state index in [2.05, 4.69) is 20.8 Å². The lowest BCUT2D eigenvalue weighted by Gasteiger charge is -2.10. The van der Waals surface area contributed by atoms with Gasteiger partial charge in [-0.15, -0.1) is 5.10 Å². The number of amides is 1. The van der Waals surface area contributed by atoms with Crippen LogP contribution in [0.1, 0.15) is 6.92 Å². The number of nitro benzene ring substituents is 1. The van der Waals surface area contributed by atoms with E-state index < -0.39 is 10.8 Å². The molecule has 0 fully saturated rings. The van der Waals surface area contributed by atoms with Crippen molar-refractivity contribution in [1.82, 2.24) is 20.2 Å². The molecule has 0 aliphatic rings. The van der Waals surface area contributed by atoms with Crippen LogP contribution in [0.2, 0.25) is 5.02 Å². The summed E-state index contributed by atoms with van der Waals surface area (Å²) < 4.78 is 7.05. The van der Waals surface area contributed by atoms with Gasteiger partial charge < -0.3 is 10.1 Å². The summed E-state index contributed by atoms with van der Waals surface area (Å²) >= 11 is 6.86. The Morgan fingerprint density at radius 2 is 2.14 bits per heavy atom. The summed E-state index contributed by atoms with van der Waals surface area (Å²) in [6.07, 6.45) is 0. The Labute approximate surface area is 174 Å². The molecule has 0 bridgehead atoms. The van der Waals surface area contributed by atoms with Crippen molar-refractivity contribution in [3.05, 3.63) is 57.6 Å². The van der Waals surface area contributed by atoms with Crippen LogP contribution in [0, 0.1) is 10.1 Å². The number of aromatic nitrogens is 4. The van der Waals surface area contributed by atoms with Crippen LogP contribution < -0.4 is 10.1 Å². The monoisotopic (exact) mass is 434 g/mol. The fourth-order valence-corrected chi connectivity index (χ4v) is 3.26. The molecular weight excluding hydrogens is 420 g/mol. The molecule has 2 aromatic carbocycles. The molecule has 3 rings (SSSR count). The van der Waals surface area contributed by atoms with E-state index in [1.54, 1.807) is 12.1 Å². The van der Waals surface area contributed by atoms with E-state index in [-0.39, 0.29) is 22.2 Å². The van der Waals surface area contributed by atoms with Crippen molar-refractivity contribution >= 4 is 40.6 Å². The standard InChI is InChI=1S/C17H15ClN6O4S/c1-2-28-15-6-4-3-5-13(15)23-17(20-21-22-23)29-10-16(25)19-12-8-7-11(18)9-14(12)24(26)27/h3-9H,2,10H2,1H3,(H,19,25). The number of hydrogen-bond donors (Lipinski definition) is 1. The van der Waals surface area contributed by atoms with Gasteiger partial charge in [0.25, 0.3) is 5.69 Å². The van der Waals surface area contributed by atoms with Crippen molar-refractivity contribution in [3.8, 4) is 11.4 Å². The predicted molar refractivity (Wildman–Crippen MR) is 108 cm³/mol. The van der Waals surface area contributed by atoms with E-state index in [9.17, 15) is 14.9 Å². The van der Waals surface area contributed by atoms with E-state index in [0.717, 1.165) is 11.8 Å². The first-order valence-corrected chi connectivity index (χ1v) is 9.73. The Morgan fingerprint density at radius 1 is 1.34 bits per heavy atom. The van der Waals surface area contributed by atoms with Crippen LogP contribution in [0.15, 0.2) is 47.6 Å². The second-order valence-corrected chi connectivity index (χ2v) is 6.91. The van der Waals surface area contributed by atoms with Gasteiger partial charge in [0.1, 0.15) is 17.1 Å². The minimum absolute atomic E-state index is 0.0586. The number of anilines is 1. The van der Waals surface area contributed by atoms with Crippen molar-refractivity contribution in [2.75, 3.05) is 17.7 Å². The summed E-state index contributed by atoms with van der Waals surface area (Å²) in [5, 5.41) is 25.8. The summed E-state index contributed by atoms with van der Waals surface area (Å²) in [6.45, 7) is 2.34. The van der Waals surface area contributed by atoms with Crippen LogP contribution in [0.5, 0.6) is 5.75 Å². The number of carbonyl (C=O) groups excluding carboxylic acids is 1. The topological polar surface area (TPSA) is 125 Å². The quantitative estimate of drug-likeness (QED) is 0.325. The second-order valence-electron chi connectivity index (χ2n) is 5.53. The molecule has 1 heterocycles. The lowest BCUT2D eigenvalue weighted by atomic mass is 10.2. The molecular formula is C17H15ClN6O4S. The normalized spacial score (nSPS) is 10.6. The molecule has 0 unspecified atom stereocenters. The number of halogens is 1. The molecule has 150 valence electrons. The number of nitro groups is 1. The molecule has 0 atom stereocenters. The number of tetrazole rings is 1. The van der Waals surface area contributed by atoms with Crippen LogP contribution >= 0.6 is 23.4 Å². The third-order valence-electron chi connectivity index (χ3n) is 3.60. The van der Waals surface area contributed by atoms with E-state index in [0.29, 0.717) is 23.2 Å². The lowest BCUT2D eigenvalue weighted by Crippen LogP contribution is -2.15. The number of benzene rings is 2. The van der Waals surface area contributed by atoms with Gasteiger partial charge in [-0.2, -0.15) is 4.68 Å². The summed E-state index contributed by atoms with van der Waals surface area (Å²) in [7, 11) is 0. The summed E-state index contributed by atoms with van der Waals surface area (Å²) in [4.78, 5) is 22.8. The maximum atomic E-state index is 12.3. The average Bonchev–Trinajstić information content (AvgIpc) is 3.17. The van der Waals surface area contributed by atoms with Gasteiger partial charge in [0, 0.05) is 11.1 Å². The Balaban J connectivity index is 1.72. The van der Waals surface area contributed by atoms with E-state index in [1.165, 1.54) is 22.9 Å². The van der Waals surface area contributed by atoms with Crippen molar-refractivity contribution in [2.24, 2.45) is 0 Å². The Hall–Kier alpha value is -3.18. The van der Waals surface area contributed by atoms with Gasteiger partial charge in [-0.1, -0.05) is 35.5 Å². The summed E-state index contributed by atoms with van der Waals surface area (Å²) in [6, 6.07) is 11.3. The van der Waals surface area contributed by atoms with Crippen LogP contribution in [-0.4, -0.2) is 43.4 Å². The molecule has 12 heteroatoms. The van der Waals surface area contributed by atoms with Gasteiger partial charge in [0.05, 0.1) is 17.3 Å². The highest BCUT2D eigenvalue weighted by Crippen LogP contribution is 2.29. The highest BCUT2D eigenvalue weighted by atomic mass is 35.5. The Kier molecular flexibility index (Phi) is 6.62. The first-order valence-electron chi connectivity index (χ1n) is 8.36. The molecule has 1 N–H and O–H groups in total. The minimum Gasteiger partial charge on any atom is -0.492 e. The third-order valence-corrected chi connectivity index (χ3v) is 4.75. The number of nitrogens with zero attached hydrogens (tertiary/aromatic N) is 5. The van der Waals surface area contributed by atoms with Gasteiger partial charge in [-0.05, 0) is 41.6 Å². The number of para-hydroxylation sites is 2. The molecule has 0 aliphatic heterocycles. The largest absolute Gasteiger partial charge is 0.492 e. The van der Waals surface area contributed by atoms with E-state index in [1.807, 2.05) is 19.1 Å². The number of hydrogen-bond acceptors (Lipinski definition) is 8. The third kappa shape index (κ3) is 5.00. The van der Waals surface area contributed by atoms with Crippen molar-refractivity contribution in [3.63, 3.8) is 0 Å². The number of rotatable bonds is 8. The molecule has 10 nitrogen and oxygen atoms in total. The SMILES string of the molecule is CCOc1ccccc1-n1nnnc1SCC(=O)Nc1ccc(Cl)cc1[N+](=O)[O-]. The van der Waals surface area contributed by atoms with Crippen LogP contribution in [0.25, 0.3) is 5.69 Å². The first kappa shape index (κ1) is 20.6. The van der Waals surface area contributed by atoms with E-state index in [4.69, 9.17) is 16.3 Å². The zero-order chi connectivity index (χ0) is 20.8. The first-order chi connectivity index (χ1) is 14.0. The van der Waals surface area contributed by atoms with Crippen molar-refractivity contribution in [2.45, 2.75) is 12.1 Å². The highest BCUT2D eigenvalue weighted by molar-refractivity contribution is 7.99. The number of nitrogens with one attached hydrogen (secondary N) is 1. The molecule has 29 heavy (non-hydrogen) atoms. The molecule has 0 spiro atoms. The smallest absolute Gasteiger partial charge is 0.294 e. The average molecular weight is 435 g/mol. The summed E-state index contributed by atoms with van der Waals surface area (Å²) in [5.41, 5.74) is 0.410. The van der Waals surface area contributed by atoms with E-state index >= 15 is 0 Å². The van der Waals surface area contributed by atoms with Crippen LogP contribution in [-0.2, 0) is 4.79 Å². The van der Waals surface area contributed by atoms with Gasteiger partial charge in [-0.25, -0.2) is 0 Å². The molecule has 0 radical (unpaired) electrons. The fraction of sp³-hybridized carbons (Fsp3) is 0.176. The Morgan fingerprint density at radius 3 is 2.90 bits per heavy atom. The maximum absolute atomic E-state index is 12.3. The summed E-state index contributed by atoms with van der Waals surface area (Å²) in [5.74, 6) is 0.0928. The van der Waals surface area contributed by atoms with Crippen LogP contribution in [0.3, 0.4) is 0 Å². The molecule has 1 aromatic heterocycles. The number of carbonyl (C=O) groups is 1. The maximum Gasteiger partial charge on any atom is 0.294 e.